The van der Waals surface area contributed by atoms with Gasteiger partial charge in [0.05, 0.1) is 5.92 Å². The predicted octanol–water partition coefficient (Wildman–Crippen LogP) is 5.60. The quantitative estimate of drug-likeness (QED) is 0.172. The van der Waals surface area contributed by atoms with E-state index in [-0.39, 0.29) is 108 Å². The van der Waals surface area contributed by atoms with Crippen LogP contribution in [-0.2, 0) is 52.7 Å². The molecule has 0 aromatic carbocycles. The SMILES string of the molecule is CC[C@H](C)[C@@H]1NC(=O)[C@H](C)N(C)C(=O)C[C@@H](C)NC(=O)[C@H](C2CCCC2)N(C)C(=O)C2(CCCC2)NC(=O)[C@@H]2CCCN2C(=O)[C@H](CCC2CCC(C(F)(F)F)C(Cl)C2)NC(=O)[C@@H](C)N(C)C(=O)[C@H](CC2CCCC(F)C2)N(C)C(=O)[C@@H]2CCN2C(=O)[C@H](C)N(C)C1=O. The van der Waals surface area contributed by atoms with Crippen LogP contribution in [0.25, 0.3) is 0 Å². The third-order valence-electron chi connectivity index (χ3n) is 22.3. The van der Waals surface area contributed by atoms with Crippen LogP contribution in [0.1, 0.15) is 189 Å². The molecule has 4 N–H and O–H groups in total. The first kappa shape index (κ1) is 74.6. The summed E-state index contributed by atoms with van der Waals surface area (Å²) < 4.78 is 57.0. The van der Waals surface area contributed by atoms with Crippen LogP contribution in [0.4, 0.5) is 17.6 Å². The number of carbonyl (C=O) groups is 11. The minimum Gasteiger partial charge on any atom is -0.351 e. The van der Waals surface area contributed by atoms with Crippen LogP contribution in [0, 0.1) is 29.6 Å². The Bertz CT molecular complexity index is 2740. The zero-order valence-corrected chi connectivity index (χ0v) is 57.3. The molecule has 27 heteroatoms. The summed E-state index contributed by atoms with van der Waals surface area (Å²) in [5.74, 6) is -9.89. The number of rotatable bonds is 8. The first-order chi connectivity index (χ1) is 43.7. The van der Waals surface area contributed by atoms with Gasteiger partial charge in [-0.25, -0.2) is 4.39 Å². The summed E-state index contributed by atoms with van der Waals surface area (Å²) in [6.07, 6.45) is 1.28. The van der Waals surface area contributed by atoms with E-state index in [0.717, 1.165) is 17.7 Å². The molecule has 22 nitrogen and oxygen atoms in total. The standard InChI is InChI=1S/C66H104ClF4N11O11/c1-12-37(2)53-63(92)78(9)41(6)59(88)82-32-28-50(82)61(90)79(10)51(36-43-19-17-22-45(68)34-43)62(91)77(8)40(5)55(84)73-48(27-25-42-24-26-46(47(67)35-42)66(69,70)71)60(89)81-31-18-23-49(81)57(86)75-65(29-15-16-30-65)64(93)80(11)54(44-20-13-14-21-44)58(87)72-38(3)33-52(83)76(7)39(4)56(85)74-53/h37-51,53-54H,12-36H2,1-11H3,(H,72,87)(H,73,84)(H,74,85)(H,75,86)/t37-,38+,39-,40+,41-,42?,43?,45?,46?,47?,48-,49-,50-,51-,53-,54-/m0/s1. The topological polar surface area (TPSA) is 259 Å². The van der Waals surface area contributed by atoms with Crippen molar-refractivity contribution >= 4 is 76.6 Å². The molecule has 7 aliphatic rings. The van der Waals surface area contributed by atoms with E-state index in [4.69, 9.17) is 11.6 Å². The van der Waals surface area contributed by atoms with Crippen LogP contribution in [0.5, 0.6) is 0 Å². The molecule has 4 saturated carbocycles. The predicted molar refractivity (Wildman–Crippen MR) is 339 cm³/mol. The van der Waals surface area contributed by atoms with Crippen molar-refractivity contribution in [3.05, 3.63) is 0 Å². The normalized spacial score (nSPS) is 34.5. The highest BCUT2D eigenvalue weighted by Gasteiger charge is 2.52. The number of hydrogen-bond acceptors (Lipinski definition) is 11. The number of alkyl halides is 5. The van der Waals surface area contributed by atoms with Gasteiger partial charge in [0.15, 0.2) is 0 Å². The second kappa shape index (κ2) is 31.8. The lowest BCUT2D eigenvalue weighted by atomic mass is 9.78. The van der Waals surface area contributed by atoms with Crippen molar-refractivity contribution in [2.45, 2.75) is 273 Å². The number of amides is 11. The van der Waals surface area contributed by atoms with Gasteiger partial charge < -0.3 is 55.6 Å². The van der Waals surface area contributed by atoms with E-state index >= 15 is 18.8 Å². The Balaban J connectivity index is 1.23. The summed E-state index contributed by atoms with van der Waals surface area (Å²) in [5, 5.41) is 10.5. The van der Waals surface area contributed by atoms with Crippen LogP contribution in [0.3, 0.4) is 0 Å². The maximum absolute atomic E-state index is 15.2. The molecule has 3 aliphatic heterocycles. The molecule has 0 bridgehead atoms. The molecule has 5 unspecified atom stereocenters. The highest BCUT2D eigenvalue weighted by molar-refractivity contribution is 6.20. The Labute approximate surface area is 551 Å². The smallest absolute Gasteiger partial charge is 0.351 e. The molecule has 4 aliphatic carbocycles. The molecule has 7 rings (SSSR count). The van der Waals surface area contributed by atoms with Crippen LogP contribution in [0.2, 0.25) is 0 Å². The lowest BCUT2D eigenvalue weighted by Crippen LogP contribution is -2.65. The fourth-order valence-corrected chi connectivity index (χ4v) is 16.0. The number of likely N-dealkylation sites (N-methyl/N-ethyl adjacent to an activating group) is 5. The van der Waals surface area contributed by atoms with E-state index < -0.39 is 160 Å². The minimum atomic E-state index is -4.51. The fraction of sp³-hybridized carbons (Fsp3) is 0.833. The molecule has 16 atom stereocenters. The second-order valence-electron chi connectivity index (χ2n) is 28.4. The zero-order chi connectivity index (χ0) is 68.7. The van der Waals surface area contributed by atoms with E-state index in [1.807, 2.05) is 6.92 Å². The first-order valence-corrected chi connectivity index (χ1v) is 34.7. The van der Waals surface area contributed by atoms with Gasteiger partial charge in [-0.15, -0.1) is 11.6 Å². The van der Waals surface area contributed by atoms with Crippen molar-refractivity contribution < 1.29 is 70.3 Å². The van der Waals surface area contributed by atoms with E-state index in [0.29, 0.717) is 57.8 Å². The Morgan fingerprint density at radius 1 is 0.570 bits per heavy atom. The first-order valence-electron chi connectivity index (χ1n) is 34.2. The Kier molecular flexibility index (Phi) is 25.5. The van der Waals surface area contributed by atoms with Gasteiger partial charge in [0.2, 0.25) is 65.0 Å². The average Bonchev–Trinajstić information content (AvgIpc) is 1.78. The molecule has 0 radical (unpaired) electrons. The summed E-state index contributed by atoms with van der Waals surface area (Å²) in [5.41, 5.74) is -1.48. The number of hydrogen-bond donors (Lipinski definition) is 4. The van der Waals surface area contributed by atoms with Crippen molar-refractivity contribution in [2.24, 2.45) is 29.6 Å². The Hall–Kier alpha value is -5.82. The number of nitrogens with one attached hydrogen (secondary N) is 4. The third-order valence-corrected chi connectivity index (χ3v) is 22.7. The van der Waals surface area contributed by atoms with Crippen molar-refractivity contribution in [3.63, 3.8) is 0 Å². The molecule has 11 amide bonds. The highest BCUT2D eigenvalue weighted by atomic mass is 35.5. The van der Waals surface area contributed by atoms with Gasteiger partial charge in [-0.05, 0) is 148 Å². The number of fused-ring (bicyclic) bond motifs is 2. The van der Waals surface area contributed by atoms with Crippen LogP contribution >= 0.6 is 11.6 Å². The van der Waals surface area contributed by atoms with Crippen molar-refractivity contribution in [2.75, 3.05) is 48.3 Å². The van der Waals surface area contributed by atoms with Gasteiger partial charge in [0, 0.05) is 66.2 Å². The van der Waals surface area contributed by atoms with Crippen molar-refractivity contribution in [3.8, 4) is 0 Å². The molecular formula is C66H104ClF4N11O11. The average molecular weight is 1340 g/mol. The van der Waals surface area contributed by atoms with E-state index in [1.54, 1.807) is 13.8 Å². The summed E-state index contributed by atoms with van der Waals surface area (Å²) in [6, 6.07) is -11.4. The largest absolute Gasteiger partial charge is 0.393 e. The van der Waals surface area contributed by atoms with Gasteiger partial charge in [-0.3, -0.25) is 52.7 Å². The minimum absolute atomic E-state index is 0.00751. The highest BCUT2D eigenvalue weighted by Crippen LogP contribution is 2.44. The summed E-state index contributed by atoms with van der Waals surface area (Å²) in [4.78, 5) is 171. The van der Waals surface area contributed by atoms with Crippen LogP contribution in [0.15, 0.2) is 0 Å². The number of halogens is 5. The van der Waals surface area contributed by atoms with Gasteiger partial charge in [-0.2, -0.15) is 13.2 Å². The van der Waals surface area contributed by atoms with E-state index in [9.17, 15) is 51.5 Å². The van der Waals surface area contributed by atoms with Crippen LogP contribution < -0.4 is 21.3 Å². The van der Waals surface area contributed by atoms with E-state index in [1.165, 1.54) is 85.4 Å². The Morgan fingerprint density at radius 3 is 1.80 bits per heavy atom. The molecule has 3 saturated heterocycles. The molecule has 524 valence electrons. The monoisotopic (exact) mass is 1340 g/mol. The van der Waals surface area contributed by atoms with E-state index in [2.05, 4.69) is 21.3 Å². The third kappa shape index (κ3) is 17.2. The Morgan fingerprint density at radius 2 is 1.19 bits per heavy atom. The summed E-state index contributed by atoms with van der Waals surface area (Å²) in [7, 11) is 7.17. The van der Waals surface area contributed by atoms with Crippen molar-refractivity contribution in [1.82, 2.24) is 55.6 Å². The van der Waals surface area contributed by atoms with Gasteiger partial charge in [0.1, 0.15) is 66.1 Å². The fourth-order valence-electron chi connectivity index (χ4n) is 15.4. The lowest BCUT2D eigenvalue weighted by molar-refractivity contribution is -0.182. The molecule has 0 aromatic rings. The van der Waals surface area contributed by atoms with Gasteiger partial charge in [-0.1, -0.05) is 58.8 Å². The second-order valence-corrected chi connectivity index (χ2v) is 29.0. The molecular weight excluding hydrogens is 1230 g/mol. The molecule has 1 spiro atoms. The van der Waals surface area contributed by atoms with Crippen molar-refractivity contribution in [1.29, 1.82) is 0 Å². The molecule has 93 heavy (non-hydrogen) atoms. The number of nitrogens with zero attached hydrogens (tertiary/aromatic N) is 7. The molecule has 7 fully saturated rings. The maximum atomic E-state index is 15.2. The summed E-state index contributed by atoms with van der Waals surface area (Å²) >= 11 is 6.39. The van der Waals surface area contributed by atoms with Gasteiger partial charge in [0.25, 0.3) is 0 Å². The van der Waals surface area contributed by atoms with Crippen LogP contribution in [-0.4, -0.2) is 231 Å². The molecule has 3 heterocycles. The lowest BCUT2D eigenvalue weighted by Gasteiger charge is -2.45. The summed E-state index contributed by atoms with van der Waals surface area (Å²) in [6.45, 7) is 9.88. The maximum Gasteiger partial charge on any atom is 0.393 e. The number of carbonyl (C=O) groups excluding carboxylic acids is 11. The van der Waals surface area contributed by atoms with Gasteiger partial charge >= 0.3 is 6.18 Å². The zero-order valence-electron chi connectivity index (χ0n) is 56.5. The molecule has 0 aromatic heterocycles.